The largest absolute Gasteiger partial charge is 0.478 e. The first kappa shape index (κ1) is 14.9. The van der Waals surface area contributed by atoms with Crippen molar-refractivity contribution in [3.8, 4) is 0 Å². The minimum absolute atomic E-state index is 0.0263. The number of hydrogen-bond acceptors (Lipinski definition) is 2. The zero-order chi connectivity index (χ0) is 15.6. The van der Waals surface area contributed by atoms with Crippen LogP contribution in [0.15, 0.2) is 36.4 Å². The summed E-state index contributed by atoms with van der Waals surface area (Å²) in [5.74, 6) is -3.94. The maximum absolute atomic E-state index is 13.1. The maximum Gasteiger partial charge on any atom is 0.337 e. The van der Waals surface area contributed by atoms with E-state index in [0.29, 0.717) is 6.07 Å². The van der Waals surface area contributed by atoms with E-state index in [-0.39, 0.29) is 21.8 Å². The van der Waals surface area contributed by atoms with E-state index in [1.165, 1.54) is 12.1 Å². The normalized spacial score (nSPS) is 10.2. The van der Waals surface area contributed by atoms with Gasteiger partial charge >= 0.3 is 5.97 Å². The Morgan fingerprint density at radius 3 is 2.24 bits per heavy atom. The van der Waals surface area contributed by atoms with Crippen LogP contribution in [0.2, 0.25) is 5.02 Å². The highest BCUT2D eigenvalue weighted by molar-refractivity contribution is 6.31. The molecule has 21 heavy (non-hydrogen) atoms. The fraction of sp³-hybridized carbons (Fsp3) is 0. The first-order valence-corrected chi connectivity index (χ1v) is 6.05. The van der Waals surface area contributed by atoms with Gasteiger partial charge in [-0.05, 0) is 30.3 Å². The standard InChI is InChI=1S/C14H8ClF2NO3/c15-8-1-2-12(11(5-8)14(20)21)18-13(19)7-3-9(16)6-10(17)4-7/h1-6H,(H,18,19)(H,20,21). The molecule has 0 bridgehead atoms. The van der Waals surface area contributed by atoms with Crippen LogP contribution in [0.1, 0.15) is 20.7 Å². The molecule has 7 heteroatoms. The van der Waals surface area contributed by atoms with Crippen molar-refractivity contribution in [2.75, 3.05) is 5.32 Å². The number of aromatic carboxylic acids is 1. The molecule has 2 aromatic carbocycles. The lowest BCUT2D eigenvalue weighted by Gasteiger charge is -2.09. The van der Waals surface area contributed by atoms with Crippen molar-refractivity contribution in [1.29, 1.82) is 0 Å². The number of carbonyl (C=O) groups excluding carboxylic acids is 1. The Hall–Kier alpha value is -2.47. The van der Waals surface area contributed by atoms with Gasteiger partial charge in [0.1, 0.15) is 11.6 Å². The van der Waals surface area contributed by atoms with Gasteiger partial charge in [-0.25, -0.2) is 13.6 Å². The second-order valence-electron chi connectivity index (χ2n) is 4.11. The fourth-order valence-electron chi connectivity index (χ4n) is 1.68. The van der Waals surface area contributed by atoms with Crippen LogP contribution in [0.25, 0.3) is 0 Å². The zero-order valence-corrected chi connectivity index (χ0v) is 11.1. The molecule has 2 N–H and O–H groups in total. The van der Waals surface area contributed by atoms with Crippen LogP contribution in [0.3, 0.4) is 0 Å². The molecule has 108 valence electrons. The number of anilines is 1. The lowest BCUT2D eigenvalue weighted by Crippen LogP contribution is -2.15. The minimum atomic E-state index is -1.29. The summed E-state index contributed by atoms with van der Waals surface area (Å²) in [5, 5.41) is 11.5. The fourth-order valence-corrected chi connectivity index (χ4v) is 1.85. The van der Waals surface area contributed by atoms with Crippen LogP contribution in [-0.2, 0) is 0 Å². The summed E-state index contributed by atoms with van der Waals surface area (Å²) in [4.78, 5) is 23.0. The quantitative estimate of drug-likeness (QED) is 0.910. The van der Waals surface area contributed by atoms with Gasteiger partial charge in [0.25, 0.3) is 5.91 Å². The highest BCUT2D eigenvalue weighted by Gasteiger charge is 2.15. The number of carboxylic acids is 1. The van der Waals surface area contributed by atoms with E-state index in [1.807, 2.05) is 0 Å². The van der Waals surface area contributed by atoms with E-state index in [9.17, 15) is 18.4 Å². The zero-order valence-electron chi connectivity index (χ0n) is 10.4. The lowest BCUT2D eigenvalue weighted by atomic mass is 10.1. The molecular formula is C14H8ClF2NO3. The molecular weight excluding hydrogens is 304 g/mol. The predicted molar refractivity (Wildman–Crippen MR) is 72.7 cm³/mol. The van der Waals surface area contributed by atoms with Crippen molar-refractivity contribution in [1.82, 2.24) is 0 Å². The number of carbonyl (C=O) groups is 2. The van der Waals surface area contributed by atoms with E-state index in [1.54, 1.807) is 0 Å². The summed E-state index contributed by atoms with van der Waals surface area (Å²) in [7, 11) is 0. The summed E-state index contributed by atoms with van der Waals surface area (Å²) in [6.07, 6.45) is 0. The van der Waals surface area contributed by atoms with Gasteiger partial charge in [-0.15, -0.1) is 0 Å². The van der Waals surface area contributed by atoms with Crippen molar-refractivity contribution >= 4 is 29.2 Å². The molecule has 0 radical (unpaired) electrons. The van der Waals surface area contributed by atoms with Crippen molar-refractivity contribution < 1.29 is 23.5 Å². The highest BCUT2D eigenvalue weighted by Crippen LogP contribution is 2.21. The van der Waals surface area contributed by atoms with Gasteiger partial charge in [0.2, 0.25) is 0 Å². The third-order valence-electron chi connectivity index (χ3n) is 2.58. The summed E-state index contributed by atoms with van der Waals surface area (Å²) in [6, 6.07) is 6.14. The van der Waals surface area contributed by atoms with E-state index in [0.717, 1.165) is 18.2 Å². The maximum atomic E-state index is 13.1. The topological polar surface area (TPSA) is 66.4 Å². The molecule has 0 atom stereocenters. The summed E-state index contributed by atoms with van der Waals surface area (Å²) in [5.41, 5.74) is -0.520. The van der Waals surface area contributed by atoms with Gasteiger partial charge in [-0.3, -0.25) is 4.79 Å². The number of halogens is 3. The molecule has 0 aliphatic rings. The first-order valence-electron chi connectivity index (χ1n) is 5.67. The van der Waals surface area contributed by atoms with Crippen LogP contribution in [-0.4, -0.2) is 17.0 Å². The Morgan fingerprint density at radius 1 is 1.05 bits per heavy atom. The molecule has 0 aliphatic carbocycles. The van der Waals surface area contributed by atoms with E-state index in [4.69, 9.17) is 16.7 Å². The number of benzene rings is 2. The highest BCUT2D eigenvalue weighted by atomic mass is 35.5. The number of amides is 1. The third-order valence-corrected chi connectivity index (χ3v) is 2.82. The molecule has 0 fully saturated rings. The summed E-state index contributed by atoms with van der Waals surface area (Å²) in [6.45, 7) is 0. The third kappa shape index (κ3) is 3.55. The van der Waals surface area contributed by atoms with Gasteiger partial charge in [0, 0.05) is 16.7 Å². The van der Waals surface area contributed by atoms with Crippen molar-refractivity contribution in [2.24, 2.45) is 0 Å². The molecule has 0 aromatic heterocycles. The number of hydrogen-bond donors (Lipinski definition) is 2. The van der Waals surface area contributed by atoms with Gasteiger partial charge < -0.3 is 10.4 Å². The molecule has 0 spiro atoms. The number of nitrogens with one attached hydrogen (secondary N) is 1. The van der Waals surface area contributed by atoms with Gasteiger partial charge in [-0.1, -0.05) is 11.6 Å². The molecule has 0 saturated carbocycles. The van der Waals surface area contributed by atoms with Crippen molar-refractivity contribution in [3.05, 3.63) is 64.2 Å². The van der Waals surface area contributed by atoms with Crippen LogP contribution >= 0.6 is 11.6 Å². The second-order valence-corrected chi connectivity index (χ2v) is 4.54. The van der Waals surface area contributed by atoms with E-state index < -0.39 is 23.5 Å². The van der Waals surface area contributed by atoms with Crippen molar-refractivity contribution in [3.63, 3.8) is 0 Å². The van der Waals surface area contributed by atoms with E-state index in [2.05, 4.69) is 5.32 Å². The summed E-state index contributed by atoms with van der Waals surface area (Å²) >= 11 is 5.68. The molecule has 0 aliphatic heterocycles. The van der Waals surface area contributed by atoms with E-state index >= 15 is 0 Å². The van der Waals surface area contributed by atoms with Crippen LogP contribution < -0.4 is 5.32 Å². The molecule has 2 rings (SSSR count). The Balaban J connectivity index is 2.33. The van der Waals surface area contributed by atoms with Crippen molar-refractivity contribution in [2.45, 2.75) is 0 Å². The monoisotopic (exact) mass is 311 g/mol. The predicted octanol–water partition coefficient (Wildman–Crippen LogP) is 3.57. The van der Waals surface area contributed by atoms with Gasteiger partial charge in [-0.2, -0.15) is 0 Å². The molecule has 0 heterocycles. The molecule has 0 saturated heterocycles. The van der Waals surface area contributed by atoms with Crippen LogP contribution in [0.5, 0.6) is 0 Å². The molecule has 2 aromatic rings. The van der Waals surface area contributed by atoms with Gasteiger partial charge in [0.05, 0.1) is 11.3 Å². The van der Waals surface area contributed by atoms with Crippen LogP contribution in [0.4, 0.5) is 14.5 Å². The SMILES string of the molecule is O=C(Nc1ccc(Cl)cc1C(=O)O)c1cc(F)cc(F)c1. The second kappa shape index (κ2) is 5.88. The average molecular weight is 312 g/mol. The van der Waals surface area contributed by atoms with Gasteiger partial charge in [0.15, 0.2) is 0 Å². The molecule has 4 nitrogen and oxygen atoms in total. The molecule has 0 unspecified atom stereocenters. The van der Waals surface area contributed by atoms with Crippen LogP contribution in [0, 0.1) is 11.6 Å². The average Bonchev–Trinajstić information content (AvgIpc) is 2.39. The minimum Gasteiger partial charge on any atom is -0.478 e. The Morgan fingerprint density at radius 2 is 1.67 bits per heavy atom. The summed E-state index contributed by atoms with van der Waals surface area (Å²) < 4.78 is 26.1. The number of carboxylic acid groups (broad SMARTS) is 1. The number of rotatable bonds is 3. The Kier molecular flexibility index (Phi) is 4.18. The Bertz CT molecular complexity index is 714. The lowest BCUT2D eigenvalue weighted by molar-refractivity contribution is 0.0698. The smallest absolute Gasteiger partial charge is 0.337 e. The first-order chi connectivity index (χ1) is 9.86. The molecule has 1 amide bonds. The Labute approximate surface area is 123 Å².